The Hall–Kier alpha value is -2.11. The highest BCUT2D eigenvalue weighted by atomic mass is 16.5. The van der Waals surface area contributed by atoms with Gasteiger partial charge in [-0.3, -0.25) is 9.59 Å². The van der Waals surface area contributed by atoms with Crippen LogP contribution in [-0.4, -0.2) is 28.4 Å². The van der Waals surface area contributed by atoms with Gasteiger partial charge in [0, 0.05) is 12.2 Å². The number of aromatic nitrogens is 1. The predicted molar refractivity (Wildman–Crippen MR) is 76.9 cm³/mol. The molecular formula is C15H19N3O3. The van der Waals surface area contributed by atoms with E-state index in [2.05, 4.69) is 15.6 Å². The zero-order valence-electron chi connectivity index (χ0n) is 12.0. The Morgan fingerprint density at radius 3 is 2.95 bits per heavy atom. The molecule has 1 atom stereocenters. The molecule has 2 N–H and O–H groups in total. The SMILES string of the molecule is CC1(C(=O)NC2CCCCC2)Oc2cccnc2NC1=O. The Morgan fingerprint density at radius 2 is 2.19 bits per heavy atom. The molecule has 1 aliphatic heterocycles. The number of rotatable bonds is 2. The van der Waals surface area contributed by atoms with E-state index in [4.69, 9.17) is 4.74 Å². The van der Waals surface area contributed by atoms with Crippen molar-refractivity contribution in [2.75, 3.05) is 5.32 Å². The molecule has 112 valence electrons. The van der Waals surface area contributed by atoms with Gasteiger partial charge in [0.25, 0.3) is 17.4 Å². The van der Waals surface area contributed by atoms with Crippen LogP contribution in [0.2, 0.25) is 0 Å². The van der Waals surface area contributed by atoms with E-state index in [1.54, 1.807) is 18.3 Å². The molecule has 1 aromatic heterocycles. The lowest BCUT2D eigenvalue weighted by molar-refractivity contribution is -0.147. The minimum Gasteiger partial charge on any atom is -0.464 e. The van der Waals surface area contributed by atoms with Crippen molar-refractivity contribution < 1.29 is 14.3 Å². The van der Waals surface area contributed by atoms with Crippen molar-refractivity contribution in [1.82, 2.24) is 10.3 Å². The van der Waals surface area contributed by atoms with Crippen LogP contribution in [0.5, 0.6) is 5.75 Å². The summed E-state index contributed by atoms with van der Waals surface area (Å²) in [4.78, 5) is 28.7. The van der Waals surface area contributed by atoms with Gasteiger partial charge in [-0.2, -0.15) is 0 Å². The van der Waals surface area contributed by atoms with E-state index in [0.29, 0.717) is 11.6 Å². The monoisotopic (exact) mass is 289 g/mol. The largest absolute Gasteiger partial charge is 0.464 e. The second kappa shape index (κ2) is 5.35. The van der Waals surface area contributed by atoms with E-state index < -0.39 is 11.5 Å². The van der Waals surface area contributed by atoms with Crippen molar-refractivity contribution in [3.63, 3.8) is 0 Å². The van der Waals surface area contributed by atoms with Gasteiger partial charge in [0.05, 0.1) is 0 Å². The third kappa shape index (κ3) is 2.57. The summed E-state index contributed by atoms with van der Waals surface area (Å²) in [5.74, 6) is -0.104. The number of carbonyl (C=O) groups excluding carboxylic acids is 2. The van der Waals surface area contributed by atoms with Crippen LogP contribution in [0, 0.1) is 0 Å². The summed E-state index contributed by atoms with van der Waals surface area (Å²) in [6, 6.07) is 3.53. The summed E-state index contributed by atoms with van der Waals surface area (Å²) in [7, 11) is 0. The van der Waals surface area contributed by atoms with Crippen LogP contribution in [0.4, 0.5) is 5.82 Å². The Balaban J connectivity index is 1.76. The maximum Gasteiger partial charge on any atom is 0.279 e. The van der Waals surface area contributed by atoms with E-state index in [1.807, 2.05) is 0 Å². The van der Waals surface area contributed by atoms with Gasteiger partial charge in [0.2, 0.25) is 0 Å². The highest BCUT2D eigenvalue weighted by molar-refractivity contribution is 6.15. The molecule has 6 nitrogen and oxygen atoms in total. The summed E-state index contributed by atoms with van der Waals surface area (Å²) < 4.78 is 5.65. The number of fused-ring (bicyclic) bond motifs is 1. The van der Waals surface area contributed by atoms with Crippen molar-refractivity contribution in [3.8, 4) is 5.75 Å². The van der Waals surface area contributed by atoms with E-state index >= 15 is 0 Å². The average Bonchev–Trinajstić information content (AvgIpc) is 2.49. The molecule has 0 spiro atoms. The van der Waals surface area contributed by atoms with Crippen molar-refractivity contribution >= 4 is 17.6 Å². The van der Waals surface area contributed by atoms with Crippen LogP contribution in [0.1, 0.15) is 39.0 Å². The third-order valence-corrected chi connectivity index (χ3v) is 4.12. The van der Waals surface area contributed by atoms with Gasteiger partial charge in [-0.15, -0.1) is 0 Å². The molecule has 1 aromatic rings. The van der Waals surface area contributed by atoms with E-state index in [0.717, 1.165) is 25.7 Å². The van der Waals surface area contributed by atoms with Crippen LogP contribution in [0.3, 0.4) is 0 Å². The molecule has 3 rings (SSSR count). The van der Waals surface area contributed by atoms with Crippen molar-refractivity contribution in [1.29, 1.82) is 0 Å². The first kappa shape index (κ1) is 13.9. The fourth-order valence-corrected chi connectivity index (χ4v) is 2.78. The van der Waals surface area contributed by atoms with Crippen molar-refractivity contribution in [2.45, 2.75) is 50.7 Å². The van der Waals surface area contributed by atoms with Gasteiger partial charge >= 0.3 is 0 Å². The van der Waals surface area contributed by atoms with Gasteiger partial charge in [-0.05, 0) is 31.9 Å². The third-order valence-electron chi connectivity index (χ3n) is 4.12. The van der Waals surface area contributed by atoms with Crippen molar-refractivity contribution in [3.05, 3.63) is 18.3 Å². The number of hydrogen-bond donors (Lipinski definition) is 2. The van der Waals surface area contributed by atoms with Crippen LogP contribution in [0.25, 0.3) is 0 Å². The lowest BCUT2D eigenvalue weighted by Crippen LogP contribution is -2.60. The topological polar surface area (TPSA) is 80.3 Å². The van der Waals surface area contributed by atoms with Crippen molar-refractivity contribution in [2.24, 2.45) is 0 Å². The number of anilines is 1. The Kier molecular flexibility index (Phi) is 3.53. The number of hydrogen-bond acceptors (Lipinski definition) is 4. The summed E-state index contributed by atoms with van der Waals surface area (Å²) >= 11 is 0. The Labute approximate surface area is 123 Å². The van der Waals surface area contributed by atoms with Gasteiger partial charge < -0.3 is 15.4 Å². The van der Waals surface area contributed by atoms with Crippen LogP contribution < -0.4 is 15.4 Å². The fourth-order valence-electron chi connectivity index (χ4n) is 2.78. The van der Waals surface area contributed by atoms with Crippen LogP contribution >= 0.6 is 0 Å². The number of nitrogens with one attached hydrogen (secondary N) is 2. The smallest absolute Gasteiger partial charge is 0.279 e. The molecular weight excluding hydrogens is 270 g/mol. The molecule has 0 radical (unpaired) electrons. The number of carbonyl (C=O) groups is 2. The van der Waals surface area contributed by atoms with Crippen LogP contribution in [0.15, 0.2) is 18.3 Å². The van der Waals surface area contributed by atoms with Gasteiger partial charge in [0.1, 0.15) is 0 Å². The standard InChI is InChI=1S/C15H19N3O3/c1-15(13(19)17-10-6-3-2-4-7-10)14(20)18-12-11(21-15)8-5-9-16-12/h5,8-10H,2-4,6-7H2,1H3,(H,17,19)(H,16,18,20). The molecule has 21 heavy (non-hydrogen) atoms. The normalized spacial score (nSPS) is 25.5. The highest BCUT2D eigenvalue weighted by Crippen LogP contribution is 2.31. The molecule has 0 saturated heterocycles. The zero-order chi connectivity index (χ0) is 14.9. The molecule has 2 heterocycles. The Morgan fingerprint density at radius 1 is 1.43 bits per heavy atom. The van der Waals surface area contributed by atoms with Crippen LogP contribution in [-0.2, 0) is 9.59 Å². The fraction of sp³-hybridized carbons (Fsp3) is 0.533. The lowest BCUT2D eigenvalue weighted by Gasteiger charge is -2.34. The second-order valence-corrected chi connectivity index (χ2v) is 5.75. The summed E-state index contributed by atoms with van der Waals surface area (Å²) in [6.07, 6.45) is 6.92. The first-order chi connectivity index (χ1) is 10.1. The highest BCUT2D eigenvalue weighted by Gasteiger charge is 2.48. The molecule has 2 aliphatic rings. The zero-order valence-corrected chi connectivity index (χ0v) is 12.0. The van der Waals surface area contributed by atoms with Gasteiger partial charge in [0.15, 0.2) is 11.6 Å². The summed E-state index contributed by atoms with van der Waals surface area (Å²) in [6.45, 7) is 1.50. The molecule has 1 saturated carbocycles. The molecule has 6 heteroatoms. The summed E-state index contributed by atoms with van der Waals surface area (Å²) in [5.41, 5.74) is -1.55. The molecule has 0 bridgehead atoms. The van der Waals surface area contributed by atoms with E-state index in [9.17, 15) is 9.59 Å². The second-order valence-electron chi connectivity index (χ2n) is 5.75. The molecule has 1 fully saturated rings. The lowest BCUT2D eigenvalue weighted by atomic mass is 9.94. The number of amides is 2. The molecule has 0 aromatic carbocycles. The molecule has 1 unspecified atom stereocenters. The number of ether oxygens (including phenoxy) is 1. The first-order valence-electron chi connectivity index (χ1n) is 7.36. The first-order valence-corrected chi connectivity index (χ1v) is 7.36. The molecule has 1 aliphatic carbocycles. The Bertz CT molecular complexity index is 569. The number of pyridine rings is 1. The van der Waals surface area contributed by atoms with E-state index in [1.165, 1.54) is 13.3 Å². The quantitative estimate of drug-likeness (QED) is 0.811. The van der Waals surface area contributed by atoms with Gasteiger partial charge in [-0.25, -0.2) is 4.98 Å². The van der Waals surface area contributed by atoms with Gasteiger partial charge in [-0.1, -0.05) is 19.3 Å². The minimum atomic E-state index is -1.55. The predicted octanol–water partition coefficient (Wildman–Crippen LogP) is 1.62. The maximum atomic E-state index is 12.5. The molecule has 2 amide bonds. The average molecular weight is 289 g/mol. The van der Waals surface area contributed by atoms with E-state index in [-0.39, 0.29) is 11.9 Å². The summed E-state index contributed by atoms with van der Waals surface area (Å²) in [5, 5.41) is 5.58. The maximum absolute atomic E-state index is 12.5. The minimum absolute atomic E-state index is 0.134. The number of nitrogens with zero attached hydrogens (tertiary/aromatic N) is 1.